The third-order valence-corrected chi connectivity index (χ3v) is 2.30. The van der Waals surface area contributed by atoms with E-state index in [1.807, 2.05) is 0 Å². The van der Waals surface area contributed by atoms with Gasteiger partial charge >= 0.3 is 0 Å². The minimum absolute atomic E-state index is 0.511. The third-order valence-electron chi connectivity index (χ3n) is 1.99. The summed E-state index contributed by atoms with van der Waals surface area (Å²) in [5.74, 6) is 0. The number of aliphatic hydroxyl groups is 1. The van der Waals surface area contributed by atoms with Gasteiger partial charge < -0.3 is 9.84 Å². The SMILES string of the molecule is COCCCC(O)c1ccncc1Cl. The van der Waals surface area contributed by atoms with Crippen LogP contribution >= 0.6 is 11.6 Å². The minimum Gasteiger partial charge on any atom is -0.388 e. The fourth-order valence-electron chi connectivity index (χ4n) is 1.23. The molecule has 1 rings (SSSR count). The Bertz CT molecular complexity index is 281. The van der Waals surface area contributed by atoms with Crippen molar-refractivity contribution in [2.45, 2.75) is 18.9 Å². The van der Waals surface area contributed by atoms with Gasteiger partial charge in [-0.2, -0.15) is 0 Å². The van der Waals surface area contributed by atoms with Crippen LogP contribution in [0.2, 0.25) is 5.02 Å². The molecule has 1 N–H and O–H groups in total. The average Bonchev–Trinajstić information content (AvgIpc) is 2.18. The molecule has 0 amide bonds. The number of methoxy groups -OCH3 is 1. The smallest absolute Gasteiger partial charge is 0.0806 e. The van der Waals surface area contributed by atoms with E-state index in [4.69, 9.17) is 16.3 Å². The molecule has 4 heteroatoms. The maximum absolute atomic E-state index is 9.76. The van der Waals surface area contributed by atoms with Crippen LogP contribution in [0.15, 0.2) is 18.5 Å². The molecule has 1 atom stereocenters. The molecule has 0 saturated carbocycles. The lowest BCUT2D eigenvalue weighted by Crippen LogP contribution is -2.00. The first-order valence-corrected chi connectivity index (χ1v) is 4.90. The van der Waals surface area contributed by atoms with Gasteiger partial charge in [-0.25, -0.2) is 0 Å². The Kier molecular flexibility index (Phi) is 4.87. The van der Waals surface area contributed by atoms with Crippen molar-refractivity contribution in [3.8, 4) is 0 Å². The van der Waals surface area contributed by atoms with Gasteiger partial charge in [0.1, 0.15) is 0 Å². The van der Waals surface area contributed by atoms with Crippen molar-refractivity contribution >= 4 is 11.6 Å². The fourth-order valence-corrected chi connectivity index (χ4v) is 1.48. The zero-order chi connectivity index (χ0) is 10.4. The summed E-state index contributed by atoms with van der Waals surface area (Å²) in [5.41, 5.74) is 0.734. The van der Waals surface area contributed by atoms with Gasteiger partial charge in [-0.15, -0.1) is 0 Å². The van der Waals surface area contributed by atoms with E-state index in [9.17, 15) is 5.11 Å². The molecule has 0 aliphatic heterocycles. The maximum Gasteiger partial charge on any atom is 0.0806 e. The van der Waals surface area contributed by atoms with E-state index >= 15 is 0 Å². The van der Waals surface area contributed by atoms with Crippen LogP contribution in [0.1, 0.15) is 24.5 Å². The number of rotatable bonds is 5. The Morgan fingerprint density at radius 1 is 1.64 bits per heavy atom. The molecule has 14 heavy (non-hydrogen) atoms. The second-order valence-electron chi connectivity index (χ2n) is 3.05. The van der Waals surface area contributed by atoms with Crippen molar-refractivity contribution in [2.75, 3.05) is 13.7 Å². The van der Waals surface area contributed by atoms with Crippen LogP contribution in [0.25, 0.3) is 0 Å². The molecule has 1 unspecified atom stereocenters. The lowest BCUT2D eigenvalue weighted by atomic mass is 10.1. The molecular formula is C10H14ClNO2. The monoisotopic (exact) mass is 215 g/mol. The van der Waals surface area contributed by atoms with Crippen LogP contribution in [0.3, 0.4) is 0 Å². The van der Waals surface area contributed by atoms with E-state index in [0.29, 0.717) is 18.1 Å². The summed E-state index contributed by atoms with van der Waals surface area (Å²) in [7, 11) is 1.64. The number of ether oxygens (including phenoxy) is 1. The molecule has 0 bridgehead atoms. The Labute approximate surface area is 88.7 Å². The molecule has 1 aromatic heterocycles. The molecule has 0 aliphatic rings. The third kappa shape index (κ3) is 3.25. The molecule has 1 aromatic rings. The van der Waals surface area contributed by atoms with E-state index in [0.717, 1.165) is 12.0 Å². The quantitative estimate of drug-likeness (QED) is 0.766. The second-order valence-corrected chi connectivity index (χ2v) is 3.46. The van der Waals surface area contributed by atoms with Crippen LogP contribution in [0.4, 0.5) is 0 Å². The van der Waals surface area contributed by atoms with Crippen LogP contribution in [-0.4, -0.2) is 23.8 Å². The number of halogens is 1. The first-order chi connectivity index (χ1) is 6.75. The molecule has 3 nitrogen and oxygen atoms in total. The van der Waals surface area contributed by atoms with Gasteiger partial charge in [0.25, 0.3) is 0 Å². The van der Waals surface area contributed by atoms with E-state index in [1.165, 1.54) is 6.20 Å². The number of hydrogen-bond acceptors (Lipinski definition) is 3. The lowest BCUT2D eigenvalue weighted by Gasteiger charge is -2.11. The van der Waals surface area contributed by atoms with E-state index in [2.05, 4.69) is 4.98 Å². The predicted molar refractivity (Wildman–Crippen MR) is 55.3 cm³/mol. The van der Waals surface area contributed by atoms with E-state index < -0.39 is 6.10 Å². The molecule has 0 aromatic carbocycles. The predicted octanol–water partition coefficient (Wildman–Crippen LogP) is 2.20. The molecule has 0 aliphatic carbocycles. The van der Waals surface area contributed by atoms with Crippen molar-refractivity contribution in [3.63, 3.8) is 0 Å². The number of nitrogens with zero attached hydrogens (tertiary/aromatic N) is 1. The summed E-state index contributed by atoms with van der Waals surface area (Å²) in [6.07, 6.45) is 4.10. The highest BCUT2D eigenvalue weighted by Gasteiger charge is 2.10. The molecular weight excluding hydrogens is 202 g/mol. The van der Waals surface area contributed by atoms with Crippen molar-refractivity contribution in [3.05, 3.63) is 29.0 Å². The second kappa shape index (κ2) is 5.96. The number of hydrogen-bond donors (Lipinski definition) is 1. The topological polar surface area (TPSA) is 42.4 Å². The van der Waals surface area contributed by atoms with Crippen LogP contribution in [-0.2, 0) is 4.74 Å². The van der Waals surface area contributed by atoms with Gasteiger partial charge in [0.2, 0.25) is 0 Å². The molecule has 0 fully saturated rings. The summed E-state index contributed by atoms with van der Waals surface area (Å²) < 4.78 is 4.90. The highest BCUT2D eigenvalue weighted by Crippen LogP contribution is 2.24. The number of aromatic nitrogens is 1. The summed E-state index contributed by atoms with van der Waals surface area (Å²) in [6.45, 7) is 0.653. The van der Waals surface area contributed by atoms with Gasteiger partial charge in [-0.1, -0.05) is 11.6 Å². The summed E-state index contributed by atoms with van der Waals surface area (Å²) in [6, 6.07) is 1.74. The van der Waals surface area contributed by atoms with Gasteiger partial charge in [0.15, 0.2) is 0 Å². The van der Waals surface area contributed by atoms with E-state index in [-0.39, 0.29) is 0 Å². The Hall–Kier alpha value is -0.640. The standard InChI is InChI=1S/C10H14ClNO2/c1-14-6-2-3-10(13)8-4-5-12-7-9(8)11/h4-5,7,10,13H,2-3,6H2,1H3. The zero-order valence-corrected chi connectivity index (χ0v) is 8.87. The normalized spacial score (nSPS) is 12.8. The molecule has 0 radical (unpaired) electrons. The van der Waals surface area contributed by atoms with Crippen LogP contribution in [0.5, 0.6) is 0 Å². The fraction of sp³-hybridized carbons (Fsp3) is 0.500. The van der Waals surface area contributed by atoms with E-state index in [1.54, 1.807) is 19.4 Å². The average molecular weight is 216 g/mol. The first kappa shape index (κ1) is 11.4. The van der Waals surface area contributed by atoms with Gasteiger partial charge in [-0.3, -0.25) is 4.98 Å². The van der Waals surface area contributed by atoms with Crippen molar-refractivity contribution < 1.29 is 9.84 Å². The summed E-state index contributed by atoms with van der Waals surface area (Å²) in [5, 5.41) is 10.3. The van der Waals surface area contributed by atoms with Crippen LogP contribution in [0, 0.1) is 0 Å². The molecule has 0 saturated heterocycles. The minimum atomic E-state index is -0.527. The zero-order valence-electron chi connectivity index (χ0n) is 8.11. The van der Waals surface area contributed by atoms with Crippen molar-refractivity contribution in [1.29, 1.82) is 0 Å². The highest BCUT2D eigenvalue weighted by atomic mass is 35.5. The van der Waals surface area contributed by atoms with Crippen LogP contribution < -0.4 is 0 Å². The van der Waals surface area contributed by atoms with Crippen molar-refractivity contribution in [2.24, 2.45) is 0 Å². The molecule has 0 spiro atoms. The Morgan fingerprint density at radius 3 is 3.07 bits per heavy atom. The highest BCUT2D eigenvalue weighted by molar-refractivity contribution is 6.31. The molecule has 1 heterocycles. The Morgan fingerprint density at radius 2 is 2.43 bits per heavy atom. The maximum atomic E-state index is 9.76. The summed E-state index contributed by atoms with van der Waals surface area (Å²) in [4.78, 5) is 3.86. The summed E-state index contributed by atoms with van der Waals surface area (Å²) >= 11 is 5.88. The Balaban J connectivity index is 2.51. The number of pyridine rings is 1. The lowest BCUT2D eigenvalue weighted by molar-refractivity contribution is 0.136. The largest absolute Gasteiger partial charge is 0.388 e. The van der Waals surface area contributed by atoms with Gasteiger partial charge in [0, 0.05) is 31.7 Å². The molecule has 78 valence electrons. The van der Waals surface area contributed by atoms with Crippen molar-refractivity contribution in [1.82, 2.24) is 4.98 Å². The first-order valence-electron chi connectivity index (χ1n) is 4.52. The van der Waals surface area contributed by atoms with Gasteiger partial charge in [0.05, 0.1) is 11.1 Å². The number of aliphatic hydroxyl groups excluding tert-OH is 1. The van der Waals surface area contributed by atoms with Gasteiger partial charge in [-0.05, 0) is 18.9 Å².